The minimum atomic E-state index is -4.32. The fourth-order valence-electron chi connectivity index (χ4n) is 3.52. The van der Waals surface area contributed by atoms with Crippen molar-refractivity contribution in [1.82, 2.24) is 4.90 Å². The molecule has 0 radical (unpaired) electrons. The van der Waals surface area contributed by atoms with Crippen LogP contribution in [0.1, 0.15) is 46.7 Å². The maximum absolute atomic E-state index is 12.9. The molecular weight excluding hydrogens is 358 g/mol. The molecule has 0 bridgehead atoms. The van der Waals surface area contributed by atoms with Gasteiger partial charge in [-0.1, -0.05) is 18.2 Å². The van der Waals surface area contributed by atoms with Crippen LogP contribution in [0.2, 0.25) is 0 Å². The predicted octanol–water partition coefficient (Wildman–Crippen LogP) is 5.30. The minimum absolute atomic E-state index is 0.0244. The molecule has 1 aliphatic heterocycles. The van der Waals surface area contributed by atoms with Crippen LogP contribution in [0.5, 0.6) is 0 Å². The Kier molecular flexibility index (Phi) is 5.95. The van der Waals surface area contributed by atoms with Crippen LogP contribution >= 0.6 is 0 Å². The third kappa shape index (κ3) is 5.16. The molecule has 0 N–H and O–H groups in total. The van der Waals surface area contributed by atoms with E-state index >= 15 is 0 Å². The van der Waals surface area contributed by atoms with Gasteiger partial charge in [-0.05, 0) is 67.7 Å². The van der Waals surface area contributed by atoms with E-state index in [1.54, 1.807) is 6.07 Å². The number of halogens is 4. The molecule has 1 fully saturated rings. The van der Waals surface area contributed by atoms with E-state index in [9.17, 15) is 22.4 Å². The lowest BCUT2D eigenvalue weighted by molar-refractivity contribution is -0.137. The van der Waals surface area contributed by atoms with Crippen LogP contribution in [0.4, 0.5) is 17.6 Å². The van der Waals surface area contributed by atoms with Gasteiger partial charge >= 0.3 is 6.18 Å². The summed E-state index contributed by atoms with van der Waals surface area (Å²) >= 11 is 0. The first kappa shape index (κ1) is 19.5. The van der Waals surface area contributed by atoms with E-state index in [2.05, 4.69) is 4.90 Å². The lowest BCUT2D eigenvalue weighted by Gasteiger charge is -2.16. The molecule has 27 heavy (non-hydrogen) atoms. The van der Waals surface area contributed by atoms with Crippen molar-refractivity contribution in [3.8, 4) is 0 Å². The molecule has 0 aliphatic carbocycles. The first-order chi connectivity index (χ1) is 12.8. The summed E-state index contributed by atoms with van der Waals surface area (Å²) in [5.41, 5.74) is 0.609. The number of rotatable bonds is 6. The van der Waals surface area contributed by atoms with E-state index in [4.69, 9.17) is 0 Å². The Hall–Kier alpha value is -2.21. The summed E-state index contributed by atoms with van der Waals surface area (Å²) in [6, 6.07) is 11.1. The molecule has 1 aliphatic rings. The lowest BCUT2D eigenvalue weighted by Crippen LogP contribution is -2.22. The summed E-state index contributed by atoms with van der Waals surface area (Å²) in [5.74, 6) is -0.312. The van der Waals surface area contributed by atoms with E-state index in [-0.39, 0.29) is 17.5 Å². The van der Waals surface area contributed by atoms with Crippen LogP contribution in [0, 0.1) is 5.82 Å². The first-order valence-electron chi connectivity index (χ1n) is 9.01. The van der Waals surface area contributed by atoms with E-state index in [0.29, 0.717) is 24.9 Å². The number of likely N-dealkylation sites (tertiary alicyclic amines) is 1. The molecule has 0 aromatic heterocycles. The molecule has 1 heterocycles. The molecule has 0 amide bonds. The summed E-state index contributed by atoms with van der Waals surface area (Å²) in [4.78, 5) is 14.3. The fraction of sp³-hybridized carbons (Fsp3) is 0.381. The molecule has 1 unspecified atom stereocenters. The smallest absolute Gasteiger partial charge is 0.303 e. The lowest BCUT2D eigenvalue weighted by atomic mass is 9.96. The van der Waals surface area contributed by atoms with Gasteiger partial charge in [0, 0.05) is 18.5 Å². The first-order valence-corrected chi connectivity index (χ1v) is 9.01. The third-order valence-corrected chi connectivity index (χ3v) is 5.00. The van der Waals surface area contributed by atoms with Gasteiger partial charge in [-0.25, -0.2) is 4.39 Å². The summed E-state index contributed by atoms with van der Waals surface area (Å²) in [7, 11) is 0. The minimum Gasteiger partial charge on any atom is -0.303 e. The van der Waals surface area contributed by atoms with Gasteiger partial charge in [0.05, 0.1) is 5.56 Å². The topological polar surface area (TPSA) is 20.3 Å². The predicted molar refractivity (Wildman–Crippen MR) is 95.2 cm³/mol. The third-order valence-electron chi connectivity index (χ3n) is 5.00. The van der Waals surface area contributed by atoms with E-state index in [1.807, 2.05) is 0 Å². The van der Waals surface area contributed by atoms with Gasteiger partial charge < -0.3 is 4.90 Å². The molecule has 1 atom stereocenters. The Morgan fingerprint density at radius 3 is 2.56 bits per heavy atom. The molecule has 3 rings (SSSR count). The van der Waals surface area contributed by atoms with Crippen LogP contribution < -0.4 is 0 Å². The van der Waals surface area contributed by atoms with Gasteiger partial charge in [0.25, 0.3) is 0 Å². The molecule has 0 saturated carbocycles. The number of hydrogen-bond acceptors (Lipinski definition) is 2. The van der Waals surface area contributed by atoms with Crippen molar-refractivity contribution in [3.05, 3.63) is 71.0 Å². The largest absolute Gasteiger partial charge is 0.416 e. The van der Waals surface area contributed by atoms with E-state index in [1.165, 1.54) is 36.4 Å². The molecule has 1 saturated heterocycles. The molecule has 2 nitrogen and oxygen atoms in total. The van der Waals surface area contributed by atoms with Gasteiger partial charge in [0.15, 0.2) is 5.78 Å². The van der Waals surface area contributed by atoms with Crippen LogP contribution in [0.25, 0.3) is 0 Å². The Bertz CT molecular complexity index is 786. The zero-order chi connectivity index (χ0) is 19.4. The molecule has 144 valence electrons. The normalized spacial score (nSPS) is 18.0. The zero-order valence-corrected chi connectivity index (χ0v) is 14.8. The fourth-order valence-corrected chi connectivity index (χ4v) is 3.52. The second-order valence-corrected chi connectivity index (χ2v) is 6.94. The van der Waals surface area contributed by atoms with Crippen LogP contribution in [0.15, 0.2) is 48.5 Å². The van der Waals surface area contributed by atoms with Gasteiger partial charge in [-0.2, -0.15) is 13.2 Å². The number of carbonyl (C=O) groups is 1. The number of ketones is 1. The van der Waals surface area contributed by atoms with Crippen LogP contribution in [-0.4, -0.2) is 30.3 Å². The van der Waals surface area contributed by atoms with Crippen molar-refractivity contribution < 1.29 is 22.4 Å². The summed E-state index contributed by atoms with van der Waals surface area (Å²) in [6.07, 6.45) is -2.47. The highest BCUT2D eigenvalue weighted by Crippen LogP contribution is 2.33. The average molecular weight is 379 g/mol. The number of carbonyl (C=O) groups excluding carboxylic acids is 1. The van der Waals surface area contributed by atoms with Crippen LogP contribution in [-0.2, 0) is 6.18 Å². The highest BCUT2D eigenvalue weighted by Gasteiger charge is 2.32. The van der Waals surface area contributed by atoms with Crippen molar-refractivity contribution in [2.45, 2.75) is 31.4 Å². The van der Waals surface area contributed by atoms with E-state index < -0.39 is 11.7 Å². The molecule has 2 aromatic rings. The zero-order valence-electron chi connectivity index (χ0n) is 14.8. The average Bonchev–Trinajstić information content (AvgIpc) is 3.10. The van der Waals surface area contributed by atoms with Gasteiger partial charge in [-0.3, -0.25) is 4.79 Å². The van der Waals surface area contributed by atoms with Crippen LogP contribution in [0.3, 0.4) is 0 Å². The number of nitrogens with zero attached hydrogens (tertiary/aromatic N) is 1. The number of Topliss-reactive ketones (excluding diaryl/α,β-unsaturated/α-hetero) is 1. The maximum atomic E-state index is 12.9. The second-order valence-electron chi connectivity index (χ2n) is 6.94. The van der Waals surface area contributed by atoms with Crippen molar-refractivity contribution >= 4 is 5.78 Å². The molecule has 2 aromatic carbocycles. The van der Waals surface area contributed by atoms with Crippen molar-refractivity contribution in [1.29, 1.82) is 0 Å². The molecule has 0 spiro atoms. The Morgan fingerprint density at radius 1 is 1.11 bits per heavy atom. The number of hydrogen-bond donors (Lipinski definition) is 0. The summed E-state index contributed by atoms with van der Waals surface area (Å²) < 4.78 is 51.5. The second kappa shape index (κ2) is 8.21. The molecular formula is C21H21F4NO. The quantitative estimate of drug-likeness (QED) is 0.502. The Balaban J connectivity index is 1.49. The van der Waals surface area contributed by atoms with E-state index in [0.717, 1.165) is 31.1 Å². The van der Waals surface area contributed by atoms with Crippen molar-refractivity contribution in [2.24, 2.45) is 0 Å². The van der Waals surface area contributed by atoms with Gasteiger partial charge in [0.1, 0.15) is 5.82 Å². The maximum Gasteiger partial charge on any atom is 0.416 e. The Labute approximate surface area is 155 Å². The Morgan fingerprint density at radius 2 is 1.85 bits per heavy atom. The standard InChI is InChI=1S/C21H21F4NO/c22-19-8-6-15(7-9-19)20(27)5-2-11-26-12-10-17(14-26)16-3-1-4-18(13-16)21(23,24)25/h1,3-4,6-9,13,17H,2,5,10-12,14H2. The van der Waals surface area contributed by atoms with Gasteiger partial charge in [-0.15, -0.1) is 0 Å². The monoisotopic (exact) mass is 379 g/mol. The number of benzene rings is 2. The number of alkyl halides is 3. The van der Waals surface area contributed by atoms with Crippen molar-refractivity contribution in [3.63, 3.8) is 0 Å². The SMILES string of the molecule is O=C(CCCN1CCC(c2cccc(C(F)(F)F)c2)C1)c1ccc(F)cc1. The molecule has 6 heteroatoms. The van der Waals surface area contributed by atoms with Gasteiger partial charge in [0.2, 0.25) is 0 Å². The summed E-state index contributed by atoms with van der Waals surface area (Å²) in [5, 5.41) is 0. The highest BCUT2D eigenvalue weighted by molar-refractivity contribution is 5.95. The van der Waals surface area contributed by atoms with Crippen molar-refractivity contribution in [2.75, 3.05) is 19.6 Å². The highest BCUT2D eigenvalue weighted by atomic mass is 19.4. The summed E-state index contributed by atoms with van der Waals surface area (Å²) in [6.45, 7) is 2.24.